The van der Waals surface area contributed by atoms with E-state index >= 15 is 0 Å². The normalized spacial score (nSPS) is 9.12. The second-order valence-electron chi connectivity index (χ2n) is 1.49. The van der Waals surface area contributed by atoms with Crippen molar-refractivity contribution in [2.75, 3.05) is 0 Å². The molecule has 0 N–H and O–H groups in total. The second kappa shape index (κ2) is 2.40. The summed E-state index contributed by atoms with van der Waals surface area (Å²) >= 11 is 0. The first kappa shape index (κ1) is 5.22. The molecule has 1 rings (SSSR count). The summed E-state index contributed by atoms with van der Waals surface area (Å²) in [5, 5.41) is 0. The van der Waals surface area contributed by atoms with Crippen molar-refractivity contribution < 1.29 is 4.39 Å². The fourth-order valence-electron chi connectivity index (χ4n) is 0.477. The van der Waals surface area contributed by atoms with Crippen molar-refractivity contribution in [2.24, 2.45) is 0 Å². The lowest BCUT2D eigenvalue weighted by Crippen LogP contribution is -1.76. The summed E-state index contributed by atoms with van der Waals surface area (Å²) in [5.74, 6) is 0. The smallest absolute Gasteiger partial charge is 0.116 e. The molecule has 0 atom stereocenters. The molecule has 0 aromatic carbocycles. The number of pyridine rings is 1. The van der Waals surface area contributed by atoms with E-state index in [1.807, 2.05) is 0 Å². The highest BCUT2D eigenvalue weighted by molar-refractivity contribution is 5.06. The maximum Gasteiger partial charge on any atom is 0.116 e. The first-order valence-electron chi connectivity index (χ1n) is 2.38. The van der Waals surface area contributed by atoms with Gasteiger partial charge in [0, 0.05) is 18.0 Å². The molecule has 0 radical (unpaired) electrons. The van der Waals surface area contributed by atoms with Gasteiger partial charge in [0.15, 0.2) is 0 Å². The van der Waals surface area contributed by atoms with Gasteiger partial charge in [0.2, 0.25) is 0 Å². The van der Waals surface area contributed by atoms with E-state index in [1.54, 1.807) is 18.3 Å². The van der Waals surface area contributed by atoms with Crippen LogP contribution in [0.3, 0.4) is 0 Å². The molecular weight excluding hydrogens is 105 g/mol. The monoisotopic (exact) mass is 111 g/mol. The maximum absolute atomic E-state index is 11.7. The zero-order chi connectivity index (χ0) is 5.82. The molecule has 1 aromatic heterocycles. The lowest BCUT2D eigenvalue weighted by molar-refractivity contribution is 0.484. The molecule has 8 heavy (non-hydrogen) atoms. The minimum atomic E-state index is -0.423. The van der Waals surface area contributed by atoms with Crippen LogP contribution in [0.2, 0.25) is 0 Å². The van der Waals surface area contributed by atoms with Gasteiger partial charge in [-0.2, -0.15) is 0 Å². The summed E-state index contributed by atoms with van der Waals surface area (Å²) in [6.45, 7) is -0.423. The predicted octanol–water partition coefficient (Wildman–Crippen LogP) is 1.55. The molecule has 1 heterocycles. The Morgan fingerprint density at radius 3 is 2.88 bits per heavy atom. The molecular formula is C6H6FN. The molecule has 0 saturated heterocycles. The number of hydrogen-bond acceptors (Lipinski definition) is 1. The molecule has 1 nitrogen and oxygen atoms in total. The molecule has 0 fully saturated rings. The highest BCUT2D eigenvalue weighted by Gasteiger charge is 1.84. The van der Waals surface area contributed by atoms with E-state index in [-0.39, 0.29) is 0 Å². The van der Waals surface area contributed by atoms with Crippen LogP contribution in [0, 0.1) is 0 Å². The topological polar surface area (TPSA) is 12.9 Å². The minimum absolute atomic E-state index is 0.423. The van der Waals surface area contributed by atoms with E-state index in [0.29, 0.717) is 5.56 Å². The molecule has 1 aromatic rings. The molecule has 0 saturated carbocycles. The van der Waals surface area contributed by atoms with Gasteiger partial charge in [0.1, 0.15) is 6.67 Å². The number of rotatable bonds is 1. The number of alkyl halides is 1. The average Bonchev–Trinajstić information content (AvgIpc) is 1.90. The van der Waals surface area contributed by atoms with Crippen molar-refractivity contribution in [1.29, 1.82) is 0 Å². The summed E-state index contributed by atoms with van der Waals surface area (Å²) in [6, 6.07) is 3.42. The molecule has 0 unspecified atom stereocenters. The number of nitrogens with zero attached hydrogens (tertiary/aromatic N) is 1. The highest BCUT2D eigenvalue weighted by Crippen LogP contribution is 1.95. The van der Waals surface area contributed by atoms with Gasteiger partial charge in [-0.05, 0) is 6.07 Å². The van der Waals surface area contributed by atoms with Gasteiger partial charge >= 0.3 is 0 Å². The molecule has 0 aliphatic heterocycles. The maximum atomic E-state index is 11.7. The van der Waals surface area contributed by atoms with Crippen molar-refractivity contribution in [1.82, 2.24) is 4.98 Å². The second-order valence-corrected chi connectivity index (χ2v) is 1.49. The Labute approximate surface area is 47.2 Å². The van der Waals surface area contributed by atoms with E-state index in [1.165, 1.54) is 6.20 Å². The van der Waals surface area contributed by atoms with Gasteiger partial charge in [0.05, 0.1) is 0 Å². The summed E-state index contributed by atoms with van der Waals surface area (Å²) in [7, 11) is 0. The van der Waals surface area contributed by atoms with Crippen molar-refractivity contribution in [3.05, 3.63) is 30.1 Å². The molecule has 0 aliphatic carbocycles. The van der Waals surface area contributed by atoms with E-state index in [4.69, 9.17) is 0 Å². The molecule has 0 amide bonds. The summed E-state index contributed by atoms with van der Waals surface area (Å²) in [5.41, 5.74) is 0.632. The lowest BCUT2D eigenvalue weighted by Gasteiger charge is -1.86. The van der Waals surface area contributed by atoms with E-state index in [9.17, 15) is 4.39 Å². The highest BCUT2D eigenvalue weighted by atomic mass is 19.1. The third kappa shape index (κ3) is 1.03. The standard InChI is InChI=1S/C6H6FN/c7-4-6-2-1-3-8-5-6/h1-3,5H,4H2. The molecule has 2 heteroatoms. The fraction of sp³-hybridized carbons (Fsp3) is 0.167. The summed E-state index contributed by atoms with van der Waals surface area (Å²) in [4.78, 5) is 3.72. The van der Waals surface area contributed by atoms with E-state index < -0.39 is 6.67 Å². The summed E-state index contributed by atoms with van der Waals surface area (Å²) in [6.07, 6.45) is 3.14. The predicted molar refractivity (Wildman–Crippen MR) is 29.0 cm³/mol. The van der Waals surface area contributed by atoms with Crippen LogP contribution in [0.25, 0.3) is 0 Å². The third-order valence-corrected chi connectivity index (χ3v) is 0.877. The van der Waals surface area contributed by atoms with Crippen LogP contribution in [-0.4, -0.2) is 4.98 Å². The molecule has 0 bridgehead atoms. The van der Waals surface area contributed by atoms with E-state index in [2.05, 4.69) is 4.98 Å². The lowest BCUT2D eigenvalue weighted by atomic mass is 10.3. The summed E-state index contributed by atoms with van der Waals surface area (Å²) < 4.78 is 11.7. The molecule has 0 aliphatic rings. The van der Waals surface area contributed by atoms with Crippen LogP contribution in [0.4, 0.5) is 4.39 Å². The average molecular weight is 111 g/mol. The van der Waals surface area contributed by atoms with Crippen LogP contribution in [0.5, 0.6) is 0 Å². The Hall–Kier alpha value is -0.920. The Morgan fingerprint density at radius 1 is 1.62 bits per heavy atom. The largest absolute Gasteiger partial charge is 0.264 e. The van der Waals surface area contributed by atoms with Crippen molar-refractivity contribution in [3.8, 4) is 0 Å². The zero-order valence-corrected chi connectivity index (χ0v) is 4.34. The van der Waals surface area contributed by atoms with E-state index in [0.717, 1.165) is 0 Å². The SMILES string of the molecule is FCc1cccnc1. The van der Waals surface area contributed by atoms with Crippen LogP contribution < -0.4 is 0 Å². The quantitative estimate of drug-likeness (QED) is 0.535. The van der Waals surface area contributed by atoms with Crippen molar-refractivity contribution in [3.63, 3.8) is 0 Å². The van der Waals surface area contributed by atoms with Gasteiger partial charge in [-0.1, -0.05) is 6.07 Å². The number of aromatic nitrogens is 1. The van der Waals surface area contributed by atoms with Crippen LogP contribution in [0.1, 0.15) is 5.56 Å². The first-order chi connectivity index (χ1) is 3.93. The fourth-order valence-corrected chi connectivity index (χ4v) is 0.477. The van der Waals surface area contributed by atoms with Crippen molar-refractivity contribution in [2.45, 2.75) is 6.67 Å². The van der Waals surface area contributed by atoms with Crippen LogP contribution in [0.15, 0.2) is 24.5 Å². The van der Waals surface area contributed by atoms with Gasteiger partial charge in [-0.25, -0.2) is 4.39 Å². The Balaban J connectivity index is 2.83. The Bertz CT molecular complexity index is 150. The number of halogens is 1. The van der Waals surface area contributed by atoms with Gasteiger partial charge < -0.3 is 0 Å². The molecule has 0 spiro atoms. The zero-order valence-electron chi connectivity index (χ0n) is 4.34. The minimum Gasteiger partial charge on any atom is -0.264 e. The van der Waals surface area contributed by atoms with Crippen LogP contribution >= 0.6 is 0 Å². The van der Waals surface area contributed by atoms with Gasteiger partial charge in [0.25, 0.3) is 0 Å². The Kier molecular flexibility index (Phi) is 1.57. The van der Waals surface area contributed by atoms with Crippen LogP contribution in [-0.2, 0) is 6.67 Å². The Morgan fingerprint density at radius 2 is 2.50 bits per heavy atom. The van der Waals surface area contributed by atoms with Gasteiger partial charge in [-0.3, -0.25) is 4.98 Å². The first-order valence-corrected chi connectivity index (χ1v) is 2.38. The van der Waals surface area contributed by atoms with Gasteiger partial charge in [-0.15, -0.1) is 0 Å². The molecule has 42 valence electrons. The third-order valence-electron chi connectivity index (χ3n) is 0.877. The number of hydrogen-bond donors (Lipinski definition) is 0. The van der Waals surface area contributed by atoms with Crippen molar-refractivity contribution >= 4 is 0 Å².